The lowest BCUT2D eigenvalue weighted by Crippen LogP contribution is -2.44. The van der Waals surface area contributed by atoms with Gasteiger partial charge in [0.25, 0.3) is 0 Å². The number of hydrogen-bond acceptors (Lipinski definition) is 6. The van der Waals surface area contributed by atoms with Crippen LogP contribution in [0.4, 0.5) is 0 Å². The van der Waals surface area contributed by atoms with Crippen LogP contribution in [0.25, 0.3) is 0 Å². The molecule has 0 aromatic carbocycles. The van der Waals surface area contributed by atoms with Crippen molar-refractivity contribution in [2.75, 3.05) is 6.54 Å². The van der Waals surface area contributed by atoms with Gasteiger partial charge in [0.1, 0.15) is 12.6 Å². The van der Waals surface area contributed by atoms with Gasteiger partial charge in [-0.1, -0.05) is 6.58 Å². The summed E-state index contributed by atoms with van der Waals surface area (Å²) in [6.45, 7) is 4.65. The molecule has 8 nitrogen and oxygen atoms in total. The minimum absolute atomic E-state index is 0.281. The lowest BCUT2D eigenvalue weighted by Gasteiger charge is -2.26. The molecule has 2 aliphatic heterocycles. The van der Waals surface area contributed by atoms with Gasteiger partial charge in [-0.05, 0) is 19.8 Å². The molecule has 0 radical (unpaired) electrons. The lowest BCUT2D eigenvalue weighted by molar-refractivity contribution is -0.154. The van der Waals surface area contributed by atoms with E-state index in [0.29, 0.717) is 12.8 Å². The number of rotatable bonds is 6. The fourth-order valence-corrected chi connectivity index (χ4v) is 2.87. The van der Waals surface area contributed by atoms with Crippen molar-refractivity contribution in [2.24, 2.45) is 0 Å². The van der Waals surface area contributed by atoms with E-state index < -0.39 is 35.4 Å². The molecule has 2 saturated heterocycles. The summed E-state index contributed by atoms with van der Waals surface area (Å²) >= 11 is -2.46. The van der Waals surface area contributed by atoms with E-state index in [2.05, 4.69) is 11.9 Å². The third-order valence-corrected chi connectivity index (χ3v) is 3.77. The molecule has 5 unspecified atom stereocenters. The first-order valence-electron chi connectivity index (χ1n) is 6.45. The second-order valence-corrected chi connectivity index (χ2v) is 5.61. The van der Waals surface area contributed by atoms with Gasteiger partial charge in [-0.3, -0.25) is 18.3 Å². The minimum atomic E-state index is -2.46. The molecule has 2 fully saturated rings. The summed E-state index contributed by atoms with van der Waals surface area (Å²) < 4.78 is 35.2. The highest BCUT2D eigenvalue weighted by Gasteiger charge is 2.53. The van der Waals surface area contributed by atoms with E-state index in [9.17, 15) is 13.8 Å². The van der Waals surface area contributed by atoms with Crippen LogP contribution in [0.3, 0.4) is 0 Å². The Morgan fingerprint density at radius 1 is 1.38 bits per heavy atom. The Morgan fingerprint density at radius 2 is 2.00 bits per heavy atom. The molecule has 0 aromatic rings. The molecule has 21 heavy (non-hydrogen) atoms. The summed E-state index contributed by atoms with van der Waals surface area (Å²) in [4.78, 5) is 23.0. The van der Waals surface area contributed by atoms with Crippen molar-refractivity contribution in [1.82, 2.24) is 5.32 Å². The van der Waals surface area contributed by atoms with Crippen molar-refractivity contribution >= 4 is 23.2 Å². The van der Waals surface area contributed by atoms with Crippen molar-refractivity contribution in [3.8, 4) is 0 Å². The van der Waals surface area contributed by atoms with Crippen LogP contribution < -0.4 is 5.32 Å². The summed E-state index contributed by atoms with van der Waals surface area (Å²) in [6, 6.07) is 0. The molecule has 1 amide bonds. The Morgan fingerprint density at radius 3 is 2.57 bits per heavy atom. The van der Waals surface area contributed by atoms with Gasteiger partial charge < -0.3 is 14.8 Å². The summed E-state index contributed by atoms with van der Waals surface area (Å²) in [5.74, 6) is -1.11. The first-order valence-corrected chi connectivity index (χ1v) is 7.48. The smallest absolute Gasteiger partial charge is 0.325 e. The zero-order valence-electron chi connectivity index (χ0n) is 11.4. The molecule has 0 aliphatic carbocycles. The molecular weight excluding hydrogens is 302 g/mol. The van der Waals surface area contributed by atoms with E-state index >= 15 is 0 Å². The highest BCUT2D eigenvalue weighted by Crippen LogP contribution is 2.38. The average molecular weight is 319 g/mol. The zero-order chi connectivity index (χ0) is 15.6. The van der Waals surface area contributed by atoms with Gasteiger partial charge >= 0.3 is 17.3 Å². The number of amides is 1. The van der Waals surface area contributed by atoms with E-state index in [1.54, 1.807) is 0 Å². The summed E-state index contributed by atoms with van der Waals surface area (Å²) in [5.41, 5.74) is 0.281. The highest BCUT2D eigenvalue weighted by molar-refractivity contribution is 7.74. The standard InChI is InChI=1S/C12H17NO7S/c1-6(2)12(15)13-5-9(14)19-10-7-3-4-8(18-7)11(10)20-21(16)17/h7-8,10-11H,1,3-5H2,2H3,(H,13,15)(H,16,17). The maximum Gasteiger partial charge on any atom is 0.325 e. The van der Waals surface area contributed by atoms with E-state index in [4.69, 9.17) is 18.2 Å². The van der Waals surface area contributed by atoms with Gasteiger partial charge in [-0.25, -0.2) is 0 Å². The van der Waals surface area contributed by atoms with E-state index in [0.717, 1.165) is 0 Å². The maximum atomic E-state index is 11.7. The van der Waals surface area contributed by atoms with Crippen LogP contribution in [-0.2, 0) is 34.6 Å². The fraction of sp³-hybridized carbons (Fsp3) is 0.667. The normalized spacial score (nSPS) is 31.7. The van der Waals surface area contributed by atoms with Gasteiger partial charge in [-0.15, -0.1) is 0 Å². The number of ether oxygens (including phenoxy) is 2. The van der Waals surface area contributed by atoms with Crippen LogP contribution in [0.1, 0.15) is 19.8 Å². The molecule has 2 aliphatic rings. The largest absolute Gasteiger partial charge is 0.455 e. The van der Waals surface area contributed by atoms with Crippen molar-refractivity contribution in [3.05, 3.63) is 12.2 Å². The number of esters is 1. The zero-order valence-corrected chi connectivity index (χ0v) is 12.3. The number of hydrogen-bond donors (Lipinski definition) is 2. The fourth-order valence-electron chi connectivity index (χ4n) is 2.45. The summed E-state index contributed by atoms with van der Waals surface area (Å²) in [6.07, 6.45) is -0.825. The monoisotopic (exact) mass is 319 g/mol. The second-order valence-electron chi connectivity index (χ2n) is 4.99. The molecule has 9 heteroatoms. The van der Waals surface area contributed by atoms with Gasteiger partial charge in [-0.2, -0.15) is 4.21 Å². The van der Waals surface area contributed by atoms with Crippen LogP contribution in [0.15, 0.2) is 12.2 Å². The third-order valence-electron chi connectivity index (χ3n) is 3.38. The molecule has 5 atom stereocenters. The van der Waals surface area contributed by atoms with Crippen molar-refractivity contribution in [3.63, 3.8) is 0 Å². The van der Waals surface area contributed by atoms with Crippen LogP contribution in [0, 0.1) is 0 Å². The van der Waals surface area contributed by atoms with E-state index in [-0.39, 0.29) is 24.3 Å². The van der Waals surface area contributed by atoms with Crippen molar-refractivity contribution in [2.45, 2.75) is 44.2 Å². The Bertz CT molecular complexity index is 480. The Hall–Kier alpha value is -1.29. The summed E-state index contributed by atoms with van der Waals surface area (Å²) in [7, 11) is 0. The SMILES string of the molecule is C=C(C)C(=O)NCC(=O)OC1C2CCC(O2)C1OS(=O)O. The second kappa shape index (κ2) is 6.65. The molecule has 2 bridgehead atoms. The Kier molecular flexibility index (Phi) is 5.09. The van der Waals surface area contributed by atoms with Gasteiger partial charge in [0.05, 0.1) is 12.2 Å². The van der Waals surface area contributed by atoms with E-state index in [1.807, 2.05) is 0 Å². The lowest BCUT2D eigenvalue weighted by atomic mass is 9.95. The molecule has 0 aromatic heterocycles. The number of carbonyl (C=O) groups is 2. The van der Waals surface area contributed by atoms with Crippen LogP contribution in [-0.4, -0.2) is 51.6 Å². The molecule has 2 N–H and O–H groups in total. The van der Waals surface area contributed by atoms with Crippen LogP contribution >= 0.6 is 0 Å². The molecular formula is C12H17NO7S. The van der Waals surface area contributed by atoms with Crippen LogP contribution in [0.2, 0.25) is 0 Å². The molecule has 0 spiro atoms. The van der Waals surface area contributed by atoms with E-state index in [1.165, 1.54) is 6.92 Å². The first kappa shape index (κ1) is 16.1. The first-order chi connectivity index (χ1) is 9.88. The predicted octanol–water partition coefficient (Wildman–Crippen LogP) is -0.326. The average Bonchev–Trinajstić information content (AvgIpc) is 2.98. The van der Waals surface area contributed by atoms with Crippen LogP contribution in [0.5, 0.6) is 0 Å². The highest BCUT2D eigenvalue weighted by atomic mass is 32.2. The van der Waals surface area contributed by atoms with Crippen molar-refractivity contribution < 1.29 is 32.0 Å². The van der Waals surface area contributed by atoms with Gasteiger partial charge in [0, 0.05) is 5.57 Å². The topological polar surface area (TPSA) is 111 Å². The molecule has 0 saturated carbocycles. The maximum absolute atomic E-state index is 11.7. The molecule has 2 rings (SSSR count). The Balaban J connectivity index is 1.88. The van der Waals surface area contributed by atoms with Gasteiger partial charge in [0.2, 0.25) is 5.91 Å². The van der Waals surface area contributed by atoms with Crippen molar-refractivity contribution in [1.29, 1.82) is 0 Å². The summed E-state index contributed by atoms with van der Waals surface area (Å²) in [5, 5.41) is 2.35. The predicted molar refractivity (Wildman–Crippen MR) is 71.2 cm³/mol. The number of nitrogens with one attached hydrogen (secondary N) is 1. The molecule has 2 heterocycles. The Labute approximate surface area is 124 Å². The number of fused-ring (bicyclic) bond motifs is 2. The number of carbonyl (C=O) groups excluding carboxylic acids is 2. The minimum Gasteiger partial charge on any atom is -0.455 e. The third kappa shape index (κ3) is 3.88. The van der Waals surface area contributed by atoms with Gasteiger partial charge in [0.15, 0.2) is 6.10 Å². The molecule has 118 valence electrons. The quantitative estimate of drug-likeness (QED) is 0.392.